The monoisotopic (exact) mass is 267 g/mol. The van der Waals surface area contributed by atoms with Gasteiger partial charge in [-0.05, 0) is 38.2 Å². The van der Waals surface area contributed by atoms with Gasteiger partial charge in [-0.3, -0.25) is 4.68 Å². The van der Waals surface area contributed by atoms with Crippen molar-refractivity contribution in [3.8, 4) is 0 Å². The summed E-state index contributed by atoms with van der Waals surface area (Å²) in [6, 6.07) is 0.236. The maximum Gasteiger partial charge on any atom is 0.0662 e. The van der Waals surface area contributed by atoms with Crippen LogP contribution in [-0.4, -0.2) is 29.0 Å². The largest absolute Gasteiger partial charge is 0.380 e. The molecule has 1 aromatic heterocycles. The molecule has 0 aliphatic rings. The fourth-order valence-corrected chi connectivity index (χ4v) is 2.39. The zero-order valence-corrected chi connectivity index (χ0v) is 12.9. The first-order valence-corrected chi connectivity index (χ1v) is 7.58. The molecule has 0 amide bonds. The van der Waals surface area contributed by atoms with Gasteiger partial charge < -0.3 is 10.5 Å². The third-order valence-electron chi connectivity index (χ3n) is 3.56. The van der Waals surface area contributed by atoms with Crippen LogP contribution in [0.3, 0.4) is 0 Å². The summed E-state index contributed by atoms with van der Waals surface area (Å²) in [6.45, 7) is 10.8. The van der Waals surface area contributed by atoms with Gasteiger partial charge in [0.25, 0.3) is 0 Å². The molecule has 2 N–H and O–H groups in total. The maximum atomic E-state index is 6.12. The van der Waals surface area contributed by atoms with E-state index in [1.165, 1.54) is 17.0 Å². The summed E-state index contributed by atoms with van der Waals surface area (Å²) in [7, 11) is 0. The molecule has 0 saturated heterocycles. The lowest BCUT2D eigenvalue weighted by Crippen LogP contribution is -2.22. The van der Waals surface area contributed by atoms with Crippen molar-refractivity contribution in [2.75, 3.05) is 13.2 Å². The van der Waals surface area contributed by atoms with Crippen LogP contribution in [-0.2, 0) is 30.5 Å². The van der Waals surface area contributed by atoms with Crippen LogP contribution in [0.1, 0.15) is 51.1 Å². The topological polar surface area (TPSA) is 53.1 Å². The van der Waals surface area contributed by atoms with Gasteiger partial charge in [-0.15, -0.1) is 0 Å². The highest BCUT2D eigenvalue weighted by Crippen LogP contribution is 2.18. The van der Waals surface area contributed by atoms with E-state index in [1.54, 1.807) is 0 Å². The van der Waals surface area contributed by atoms with Crippen molar-refractivity contribution < 1.29 is 4.74 Å². The normalized spacial score (nSPS) is 12.9. The molecule has 0 aliphatic carbocycles. The molecule has 1 unspecified atom stereocenters. The van der Waals surface area contributed by atoms with E-state index in [-0.39, 0.29) is 6.04 Å². The number of rotatable bonds is 9. The fraction of sp³-hybridized carbons (Fsp3) is 0.800. The number of aromatic nitrogens is 2. The van der Waals surface area contributed by atoms with E-state index in [0.29, 0.717) is 0 Å². The second-order valence-corrected chi connectivity index (χ2v) is 4.87. The summed E-state index contributed by atoms with van der Waals surface area (Å²) < 4.78 is 7.55. The van der Waals surface area contributed by atoms with Crippen molar-refractivity contribution in [2.24, 2.45) is 5.73 Å². The van der Waals surface area contributed by atoms with Gasteiger partial charge in [0, 0.05) is 18.3 Å². The average molecular weight is 267 g/mol. The summed E-state index contributed by atoms with van der Waals surface area (Å²) in [4.78, 5) is 0. The third kappa shape index (κ3) is 4.32. The lowest BCUT2D eigenvalue weighted by Gasteiger charge is -2.11. The first-order chi connectivity index (χ1) is 9.17. The number of nitrogens with zero attached hydrogens (tertiary/aromatic N) is 2. The molecule has 0 spiro atoms. The van der Waals surface area contributed by atoms with Crippen LogP contribution in [0, 0.1) is 0 Å². The summed E-state index contributed by atoms with van der Waals surface area (Å²) in [5.74, 6) is 0. The molecule has 110 valence electrons. The quantitative estimate of drug-likeness (QED) is 0.699. The van der Waals surface area contributed by atoms with Crippen molar-refractivity contribution in [1.82, 2.24) is 9.78 Å². The average Bonchev–Trinajstić information content (AvgIpc) is 2.76. The Morgan fingerprint density at radius 2 is 1.95 bits per heavy atom. The number of hydrogen-bond acceptors (Lipinski definition) is 3. The predicted molar refractivity (Wildman–Crippen MR) is 79.4 cm³/mol. The summed E-state index contributed by atoms with van der Waals surface area (Å²) in [5, 5.41) is 4.74. The summed E-state index contributed by atoms with van der Waals surface area (Å²) in [6.07, 6.45) is 3.93. The van der Waals surface area contributed by atoms with Gasteiger partial charge in [-0.25, -0.2) is 0 Å². The highest BCUT2D eigenvalue weighted by molar-refractivity contribution is 5.28. The third-order valence-corrected chi connectivity index (χ3v) is 3.56. The molecule has 0 aromatic carbocycles. The molecule has 0 radical (unpaired) electrons. The van der Waals surface area contributed by atoms with Gasteiger partial charge in [-0.1, -0.05) is 20.8 Å². The number of nitrogens with two attached hydrogens (primary N) is 1. The highest BCUT2D eigenvalue weighted by Gasteiger charge is 2.17. The van der Waals surface area contributed by atoms with Crippen molar-refractivity contribution in [3.05, 3.63) is 17.0 Å². The molecule has 1 atom stereocenters. The molecule has 0 bridgehead atoms. The fourth-order valence-electron chi connectivity index (χ4n) is 2.39. The Hall–Kier alpha value is -0.870. The van der Waals surface area contributed by atoms with E-state index in [0.717, 1.165) is 45.4 Å². The SMILES string of the molecule is CCOCCn1nc(CC)c(CC(N)CC)c1CC. The Morgan fingerprint density at radius 1 is 1.21 bits per heavy atom. The Morgan fingerprint density at radius 3 is 2.47 bits per heavy atom. The predicted octanol–water partition coefficient (Wildman–Crippen LogP) is 2.32. The summed E-state index contributed by atoms with van der Waals surface area (Å²) in [5.41, 5.74) is 10.0. The molecule has 0 saturated carbocycles. The van der Waals surface area contributed by atoms with E-state index in [1.807, 2.05) is 6.92 Å². The second kappa shape index (κ2) is 8.33. The van der Waals surface area contributed by atoms with Crippen LogP contribution in [0.25, 0.3) is 0 Å². The van der Waals surface area contributed by atoms with Crippen LogP contribution >= 0.6 is 0 Å². The molecule has 1 rings (SSSR count). The molecule has 4 heteroatoms. The lowest BCUT2D eigenvalue weighted by molar-refractivity contribution is 0.135. The molecule has 1 heterocycles. The molecule has 0 aliphatic heterocycles. The van der Waals surface area contributed by atoms with E-state index in [9.17, 15) is 0 Å². The van der Waals surface area contributed by atoms with E-state index in [4.69, 9.17) is 15.6 Å². The van der Waals surface area contributed by atoms with E-state index < -0.39 is 0 Å². The first-order valence-electron chi connectivity index (χ1n) is 7.58. The van der Waals surface area contributed by atoms with Gasteiger partial charge in [0.1, 0.15) is 0 Å². The smallest absolute Gasteiger partial charge is 0.0662 e. The summed E-state index contributed by atoms with van der Waals surface area (Å²) >= 11 is 0. The number of ether oxygens (including phenoxy) is 1. The van der Waals surface area contributed by atoms with Gasteiger partial charge in [0.05, 0.1) is 18.8 Å². The molecule has 1 aromatic rings. The van der Waals surface area contributed by atoms with Gasteiger partial charge in [0.2, 0.25) is 0 Å². The first kappa shape index (κ1) is 16.2. The van der Waals surface area contributed by atoms with E-state index >= 15 is 0 Å². The van der Waals surface area contributed by atoms with Gasteiger partial charge in [0.15, 0.2) is 0 Å². The minimum absolute atomic E-state index is 0.236. The molecular formula is C15H29N3O. The van der Waals surface area contributed by atoms with Crippen LogP contribution in [0.15, 0.2) is 0 Å². The second-order valence-electron chi connectivity index (χ2n) is 4.87. The Bertz CT molecular complexity index is 374. The maximum absolute atomic E-state index is 6.12. The zero-order valence-electron chi connectivity index (χ0n) is 12.9. The van der Waals surface area contributed by atoms with Crippen molar-refractivity contribution in [2.45, 2.75) is 66.0 Å². The minimum atomic E-state index is 0.236. The number of aryl methyl sites for hydroxylation is 1. The van der Waals surface area contributed by atoms with Crippen LogP contribution in [0.5, 0.6) is 0 Å². The van der Waals surface area contributed by atoms with Gasteiger partial charge >= 0.3 is 0 Å². The Kier molecular flexibility index (Phi) is 7.10. The van der Waals surface area contributed by atoms with Gasteiger partial charge in [-0.2, -0.15) is 5.10 Å². The van der Waals surface area contributed by atoms with Crippen LogP contribution < -0.4 is 5.73 Å². The van der Waals surface area contributed by atoms with Crippen molar-refractivity contribution in [1.29, 1.82) is 0 Å². The van der Waals surface area contributed by atoms with Crippen molar-refractivity contribution in [3.63, 3.8) is 0 Å². The highest BCUT2D eigenvalue weighted by atomic mass is 16.5. The van der Waals surface area contributed by atoms with Crippen LogP contribution in [0.4, 0.5) is 0 Å². The minimum Gasteiger partial charge on any atom is -0.380 e. The molecule has 4 nitrogen and oxygen atoms in total. The molecule has 0 fully saturated rings. The van der Waals surface area contributed by atoms with E-state index in [2.05, 4.69) is 25.5 Å². The zero-order chi connectivity index (χ0) is 14.3. The molecular weight excluding hydrogens is 238 g/mol. The van der Waals surface area contributed by atoms with Crippen LogP contribution in [0.2, 0.25) is 0 Å². The Balaban J connectivity index is 2.92. The lowest BCUT2D eigenvalue weighted by atomic mass is 10.00. The Labute approximate surface area is 117 Å². The van der Waals surface area contributed by atoms with Crippen molar-refractivity contribution >= 4 is 0 Å². The number of hydrogen-bond donors (Lipinski definition) is 1. The molecule has 19 heavy (non-hydrogen) atoms. The standard InChI is InChI=1S/C15H29N3O/c1-5-12(16)11-13-14(6-2)17-18(15(13)7-3)9-10-19-8-4/h12H,5-11,16H2,1-4H3.